The van der Waals surface area contributed by atoms with Gasteiger partial charge in [-0.15, -0.1) is 11.3 Å². The van der Waals surface area contributed by atoms with Gasteiger partial charge in [0.25, 0.3) is 0 Å². The summed E-state index contributed by atoms with van der Waals surface area (Å²) in [4.78, 5) is 15.6. The molecule has 1 rings (SSSR count). The molecule has 1 heterocycles. The second kappa shape index (κ2) is 4.28. The van der Waals surface area contributed by atoms with Crippen LogP contribution >= 0.6 is 11.3 Å². The third-order valence-electron chi connectivity index (χ3n) is 2.27. The Hall–Kier alpha value is -0.940. The summed E-state index contributed by atoms with van der Waals surface area (Å²) in [5, 5.41) is 12.4. The molecule has 1 N–H and O–H groups in total. The average molecular weight is 229 g/mol. The molecule has 0 aliphatic carbocycles. The SMILES string of the molecule is COC(=O)C(C)(C)C(O)c1nc(C)cs1. The van der Waals surface area contributed by atoms with Gasteiger partial charge in [-0.2, -0.15) is 0 Å². The van der Waals surface area contributed by atoms with Crippen LogP contribution in [0.2, 0.25) is 0 Å². The molecule has 4 nitrogen and oxygen atoms in total. The first-order valence-electron chi connectivity index (χ1n) is 4.58. The maximum Gasteiger partial charge on any atom is 0.314 e. The number of ether oxygens (including phenoxy) is 1. The van der Waals surface area contributed by atoms with E-state index in [0.717, 1.165) is 5.69 Å². The van der Waals surface area contributed by atoms with Crippen molar-refractivity contribution in [1.82, 2.24) is 4.98 Å². The van der Waals surface area contributed by atoms with Crippen LogP contribution in [-0.4, -0.2) is 23.2 Å². The minimum Gasteiger partial charge on any atom is -0.469 e. The molecule has 1 aromatic heterocycles. The van der Waals surface area contributed by atoms with Gasteiger partial charge >= 0.3 is 5.97 Å². The highest BCUT2D eigenvalue weighted by molar-refractivity contribution is 7.09. The molecule has 0 fully saturated rings. The number of aliphatic hydroxyl groups excluding tert-OH is 1. The van der Waals surface area contributed by atoms with Crippen molar-refractivity contribution in [2.75, 3.05) is 7.11 Å². The lowest BCUT2D eigenvalue weighted by molar-refractivity contribution is -0.157. The summed E-state index contributed by atoms with van der Waals surface area (Å²) in [6, 6.07) is 0. The molecule has 5 heteroatoms. The number of aliphatic hydroxyl groups is 1. The maximum atomic E-state index is 11.4. The van der Waals surface area contributed by atoms with E-state index in [4.69, 9.17) is 0 Å². The molecule has 0 spiro atoms. The van der Waals surface area contributed by atoms with Crippen molar-refractivity contribution in [3.8, 4) is 0 Å². The molecule has 1 aromatic rings. The Morgan fingerprint density at radius 1 is 1.67 bits per heavy atom. The van der Waals surface area contributed by atoms with E-state index in [0.29, 0.717) is 5.01 Å². The summed E-state index contributed by atoms with van der Waals surface area (Å²) in [6.45, 7) is 5.12. The maximum absolute atomic E-state index is 11.4. The number of methoxy groups -OCH3 is 1. The highest BCUT2D eigenvalue weighted by atomic mass is 32.1. The second-order valence-electron chi connectivity index (χ2n) is 3.94. The fraction of sp³-hybridized carbons (Fsp3) is 0.600. The number of hydrogen-bond acceptors (Lipinski definition) is 5. The Morgan fingerprint density at radius 3 is 2.67 bits per heavy atom. The summed E-state index contributed by atoms with van der Waals surface area (Å²) < 4.78 is 4.64. The quantitative estimate of drug-likeness (QED) is 0.801. The molecule has 0 saturated heterocycles. The van der Waals surface area contributed by atoms with E-state index in [9.17, 15) is 9.90 Å². The molecule has 0 amide bonds. The van der Waals surface area contributed by atoms with Crippen LogP contribution in [0.25, 0.3) is 0 Å². The van der Waals surface area contributed by atoms with Gasteiger partial charge in [0.15, 0.2) is 0 Å². The van der Waals surface area contributed by atoms with Gasteiger partial charge in [-0.25, -0.2) is 4.98 Å². The van der Waals surface area contributed by atoms with Crippen molar-refractivity contribution >= 4 is 17.3 Å². The number of aryl methyl sites for hydroxylation is 1. The van der Waals surface area contributed by atoms with Crippen LogP contribution in [-0.2, 0) is 9.53 Å². The first-order chi connectivity index (χ1) is 6.89. The zero-order chi connectivity index (χ0) is 11.6. The second-order valence-corrected chi connectivity index (χ2v) is 4.83. The number of thiazole rings is 1. The van der Waals surface area contributed by atoms with Crippen LogP contribution in [0.5, 0.6) is 0 Å². The van der Waals surface area contributed by atoms with Crippen LogP contribution in [0.4, 0.5) is 0 Å². The Labute approximate surface area is 92.9 Å². The van der Waals surface area contributed by atoms with Gasteiger partial charge in [0.05, 0.1) is 12.5 Å². The predicted octanol–water partition coefficient (Wildman–Crippen LogP) is 1.68. The molecule has 1 atom stereocenters. The molecule has 0 aliphatic rings. The van der Waals surface area contributed by atoms with Crippen molar-refractivity contribution in [3.05, 3.63) is 16.1 Å². The monoisotopic (exact) mass is 229 g/mol. The van der Waals surface area contributed by atoms with E-state index in [1.165, 1.54) is 18.4 Å². The molecule has 84 valence electrons. The molecule has 0 bridgehead atoms. The lowest BCUT2D eigenvalue weighted by Gasteiger charge is -2.25. The first kappa shape index (κ1) is 12.1. The van der Waals surface area contributed by atoms with Gasteiger partial charge in [0.2, 0.25) is 0 Å². The van der Waals surface area contributed by atoms with E-state index < -0.39 is 17.5 Å². The van der Waals surface area contributed by atoms with Crippen LogP contribution in [0.15, 0.2) is 5.38 Å². The number of rotatable bonds is 3. The predicted molar refractivity (Wildman–Crippen MR) is 57.6 cm³/mol. The Kier molecular flexibility index (Phi) is 3.46. The summed E-state index contributed by atoms with van der Waals surface area (Å²) >= 11 is 1.34. The number of aromatic nitrogens is 1. The number of esters is 1. The van der Waals surface area contributed by atoms with Crippen LogP contribution in [0, 0.1) is 12.3 Å². The van der Waals surface area contributed by atoms with E-state index in [1.54, 1.807) is 13.8 Å². The third-order valence-corrected chi connectivity index (χ3v) is 3.28. The van der Waals surface area contributed by atoms with Gasteiger partial charge in [0, 0.05) is 11.1 Å². The van der Waals surface area contributed by atoms with Crippen molar-refractivity contribution in [3.63, 3.8) is 0 Å². The zero-order valence-electron chi connectivity index (χ0n) is 9.27. The van der Waals surface area contributed by atoms with Gasteiger partial charge < -0.3 is 9.84 Å². The number of carbonyl (C=O) groups excluding carboxylic acids is 1. The summed E-state index contributed by atoms with van der Waals surface area (Å²) in [6.07, 6.45) is -0.927. The molecule has 0 aromatic carbocycles. The summed E-state index contributed by atoms with van der Waals surface area (Å²) in [5.74, 6) is -0.442. The first-order valence-corrected chi connectivity index (χ1v) is 5.46. The molecular weight excluding hydrogens is 214 g/mol. The third kappa shape index (κ3) is 2.35. The topological polar surface area (TPSA) is 59.4 Å². The minimum atomic E-state index is -0.973. The van der Waals surface area contributed by atoms with E-state index >= 15 is 0 Å². The molecule has 15 heavy (non-hydrogen) atoms. The Balaban J connectivity index is 2.93. The fourth-order valence-corrected chi connectivity index (χ4v) is 2.15. The average Bonchev–Trinajstić information content (AvgIpc) is 2.62. The van der Waals surface area contributed by atoms with Crippen molar-refractivity contribution in [2.45, 2.75) is 26.9 Å². The highest BCUT2D eigenvalue weighted by Gasteiger charge is 2.39. The van der Waals surface area contributed by atoms with Crippen LogP contribution in [0.3, 0.4) is 0 Å². The molecular formula is C10H15NO3S. The van der Waals surface area contributed by atoms with Crippen molar-refractivity contribution < 1.29 is 14.6 Å². The van der Waals surface area contributed by atoms with E-state index in [-0.39, 0.29) is 0 Å². The van der Waals surface area contributed by atoms with E-state index in [2.05, 4.69) is 9.72 Å². The number of carbonyl (C=O) groups is 1. The largest absolute Gasteiger partial charge is 0.469 e. The lowest BCUT2D eigenvalue weighted by atomic mass is 9.87. The number of hydrogen-bond donors (Lipinski definition) is 1. The lowest BCUT2D eigenvalue weighted by Crippen LogP contribution is -2.32. The standard InChI is InChI=1S/C10H15NO3S/c1-6-5-15-8(11-6)7(12)10(2,3)9(13)14-4/h5,7,12H,1-4H3. The van der Waals surface area contributed by atoms with Gasteiger partial charge in [-0.3, -0.25) is 4.79 Å². The molecule has 0 aliphatic heterocycles. The van der Waals surface area contributed by atoms with Crippen LogP contribution in [0.1, 0.15) is 30.7 Å². The van der Waals surface area contributed by atoms with Gasteiger partial charge in [-0.05, 0) is 20.8 Å². The van der Waals surface area contributed by atoms with Gasteiger partial charge in [-0.1, -0.05) is 0 Å². The van der Waals surface area contributed by atoms with Crippen molar-refractivity contribution in [2.24, 2.45) is 5.41 Å². The van der Waals surface area contributed by atoms with E-state index in [1.807, 2.05) is 12.3 Å². The summed E-state index contributed by atoms with van der Waals surface area (Å²) in [5.41, 5.74) is -0.131. The molecule has 0 saturated carbocycles. The van der Waals surface area contributed by atoms with Gasteiger partial charge in [0.1, 0.15) is 11.1 Å². The highest BCUT2D eigenvalue weighted by Crippen LogP contribution is 2.35. The minimum absolute atomic E-state index is 0.442. The zero-order valence-corrected chi connectivity index (χ0v) is 10.1. The van der Waals surface area contributed by atoms with Crippen LogP contribution < -0.4 is 0 Å². The molecule has 1 unspecified atom stereocenters. The smallest absolute Gasteiger partial charge is 0.314 e. The summed E-state index contributed by atoms with van der Waals surface area (Å²) in [7, 11) is 1.31. The van der Waals surface area contributed by atoms with Crippen molar-refractivity contribution in [1.29, 1.82) is 0 Å². The Morgan fingerprint density at radius 2 is 2.27 bits per heavy atom. The Bertz CT molecular complexity index is 359. The normalized spacial score (nSPS) is 13.7. The fourth-order valence-electron chi connectivity index (χ4n) is 1.18. The molecule has 0 radical (unpaired) electrons. The number of nitrogens with zero attached hydrogens (tertiary/aromatic N) is 1.